The molecule has 0 aliphatic carbocycles. The van der Waals surface area contributed by atoms with Gasteiger partial charge >= 0.3 is 6.09 Å². The second kappa shape index (κ2) is 21.8. The zero-order valence-electron chi connectivity index (χ0n) is 36.5. The number of fused-ring (bicyclic) bond motifs is 2. The largest absolute Gasteiger partial charge is 0.490 e. The number of ether oxygens (including phenoxy) is 3. The van der Waals surface area contributed by atoms with E-state index in [0.29, 0.717) is 25.7 Å². The molecule has 0 saturated carbocycles. The van der Waals surface area contributed by atoms with Crippen LogP contribution in [0.5, 0.6) is 11.5 Å². The molecule has 1 amide bonds. The number of aromatic nitrogens is 2. The Bertz CT molecular complexity index is 1940. The third-order valence-corrected chi connectivity index (χ3v) is 12.3. The molecule has 4 fully saturated rings. The van der Waals surface area contributed by atoms with E-state index in [1.807, 2.05) is 86.3 Å². The molecule has 332 valence electrons. The number of rotatable bonds is 12. The Morgan fingerprint density at radius 3 is 1.56 bits per heavy atom. The molecule has 0 unspecified atom stereocenters. The predicted molar refractivity (Wildman–Crippen MR) is 239 cm³/mol. The maximum Gasteiger partial charge on any atom is 0.410 e. The van der Waals surface area contributed by atoms with Crippen LogP contribution in [0.2, 0.25) is 0 Å². The summed E-state index contributed by atoms with van der Waals surface area (Å²) in [7, 11) is 0. The van der Waals surface area contributed by atoms with Crippen molar-refractivity contribution in [3.05, 3.63) is 73.1 Å². The van der Waals surface area contributed by atoms with Gasteiger partial charge in [0, 0.05) is 114 Å². The summed E-state index contributed by atoms with van der Waals surface area (Å²) in [6.45, 7) is 19.4. The number of piperidine rings is 2. The van der Waals surface area contributed by atoms with Crippen LogP contribution < -0.4 is 14.8 Å². The molecule has 6 heterocycles. The molecule has 0 spiro atoms. The first-order valence-electron chi connectivity index (χ1n) is 22.5. The average molecular weight is 841 g/mol. The van der Waals surface area contributed by atoms with Gasteiger partial charge in [-0.25, -0.2) is 4.79 Å². The fourth-order valence-electron chi connectivity index (χ4n) is 9.00. The smallest absolute Gasteiger partial charge is 0.410 e. The van der Waals surface area contributed by atoms with E-state index in [9.17, 15) is 15.0 Å². The molecule has 0 bridgehead atoms. The number of hydrogen-bond acceptors (Lipinski definition) is 13. The molecule has 3 N–H and O–H groups in total. The highest BCUT2D eigenvalue weighted by atomic mass is 16.6. The summed E-state index contributed by atoms with van der Waals surface area (Å²) in [4.78, 5) is 32.7. The SMILES string of the molecule is CC(C)(C)OC(=O)N1CCC(N2CCN(C[C@@H](O)COc3ccnc4ccccc34)CC2)CC1.O[C@@H](COc1ccnc2ccccc12)CN1CCN(C2CCNCC2)CC1. The Morgan fingerprint density at radius 2 is 1.10 bits per heavy atom. The highest BCUT2D eigenvalue weighted by Gasteiger charge is 2.32. The zero-order chi connectivity index (χ0) is 42.6. The van der Waals surface area contributed by atoms with E-state index in [1.54, 1.807) is 12.4 Å². The minimum Gasteiger partial charge on any atom is -0.490 e. The first kappa shape index (κ1) is 44.9. The van der Waals surface area contributed by atoms with Crippen LogP contribution in [0.3, 0.4) is 0 Å². The number of pyridine rings is 2. The second-order valence-electron chi connectivity index (χ2n) is 17.9. The van der Waals surface area contributed by atoms with Crippen LogP contribution in [0.4, 0.5) is 4.79 Å². The van der Waals surface area contributed by atoms with Crippen LogP contribution in [0.1, 0.15) is 46.5 Å². The summed E-state index contributed by atoms with van der Waals surface area (Å²) < 4.78 is 17.3. The van der Waals surface area contributed by atoms with Gasteiger partial charge in [-0.05, 0) is 95.9 Å². The van der Waals surface area contributed by atoms with Gasteiger partial charge in [-0.2, -0.15) is 0 Å². The van der Waals surface area contributed by atoms with Gasteiger partial charge in [0.05, 0.1) is 11.0 Å². The van der Waals surface area contributed by atoms with Crippen LogP contribution in [0.25, 0.3) is 21.8 Å². The van der Waals surface area contributed by atoms with E-state index in [-0.39, 0.29) is 12.7 Å². The standard InChI is InChI=1S/C26H38N4O4.C21H30N4O2/c1-26(2,3)34-25(32)30-12-9-20(10-13-30)29-16-14-28(15-17-29)18-21(31)19-33-24-8-11-27-23-7-5-4-6-22(23)24;26-18(16-27-21-7-10-23-20-4-2-1-3-19(20)21)15-24-11-13-25(14-12-24)17-5-8-22-9-6-17/h4-8,11,20-21,31H,9-10,12-19H2,1-3H3;1-4,7,10,17-18,22,26H,5-6,8-9,11-16H2/t21-;18-/m11/s1. The Morgan fingerprint density at radius 1 is 0.656 bits per heavy atom. The second-order valence-corrected chi connectivity index (χ2v) is 17.9. The van der Waals surface area contributed by atoms with Gasteiger partial charge in [-0.3, -0.25) is 29.6 Å². The first-order valence-corrected chi connectivity index (χ1v) is 22.5. The summed E-state index contributed by atoms with van der Waals surface area (Å²) in [5, 5.41) is 26.4. The molecular formula is C47H68N8O6. The summed E-state index contributed by atoms with van der Waals surface area (Å²) in [6, 6.07) is 20.8. The average Bonchev–Trinajstić information content (AvgIpc) is 3.28. The number of benzene rings is 2. The quantitative estimate of drug-likeness (QED) is 0.187. The molecule has 4 saturated heterocycles. The van der Waals surface area contributed by atoms with Crippen LogP contribution in [-0.4, -0.2) is 186 Å². The molecular weight excluding hydrogens is 773 g/mol. The van der Waals surface area contributed by atoms with Crippen LogP contribution in [0.15, 0.2) is 73.1 Å². The van der Waals surface area contributed by atoms with Crippen LogP contribution in [0, 0.1) is 0 Å². The number of piperazine rings is 2. The number of carbonyl (C=O) groups excluding carboxylic acids is 1. The van der Waals surface area contributed by atoms with Gasteiger partial charge in [0.2, 0.25) is 0 Å². The lowest BCUT2D eigenvalue weighted by Gasteiger charge is -2.43. The molecule has 2 aromatic heterocycles. The molecule has 8 rings (SSSR count). The summed E-state index contributed by atoms with van der Waals surface area (Å²) in [5.41, 5.74) is 1.35. The molecule has 0 radical (unpaired) electrons. The van der Waals surface area contributed by atoms with Crippen molar-refractivity contribution in [3.8, 4) is 11.5 Å². The normalized spacial score (nSPS) is 20.5. The molecule has 4 aromatic rings. The van der Waals surface area contributed by atoms with Crippen molar-refractivity contribution in [3.63, 3.8) is 0 Å². The zero-order valence-corrected chi connectivity index (χ0v) is 36.5. The van der Waals surface area contributed by atoms with Crippen molar-refractivity contribution in [2.24, 2.45) is 0 Å². The monoisotopic (exact) mass is 841 g/mol. The predicted octanol–water partition coefficient (Wildman–Crippen LogP) is 4.34. The molecule has 2 atom stereocenters. The number of aliphatic hydroxyl groups is 2. The fourth-order valence-corrected chi connectivity index (χ4v) is 9.00. The number of aliphatic hydroxyl groups excluding tert-OH is 2. The summed E-state index contributed by atoms with van der Waals surface area (Å²) in [6.07, 6.45) is 6.74. The minimum absolute atomic E-state index is 0.202. The van der Waals surface area contributed by atoms with Gasteiger partial charge in [-0.15, -0.1) is 0 Å². The van der Waals surface area contributed by atoms with Gasteiger partial charge in [0.15, 0.2) is 0 Å². The first-order chi connectivity index (χ1) is 29.6. The van der Waals surface area contributed by atoms with Gasteiger partial charge < -0.3 is 34.6 Å². The van der Waals surface area contributed by atoms with E-state index >= 15 is 0 Å². The van der Waals surface area contributed by atoms with E-state index in [1.165, 1.54) is 12.8 Å². The minimum atomic E-state index is -0.546. The van der Waals surface area contributed by atoms with Gasteiger partial charge in [0.1, 0.15) is 42.5 Å². The van der Waals surface area contributed by atoms with Crippen molar-refractivity contribution in [2.45, 2.75) is 76.3 Å². The number of hydrogen-bond donors (Lipinski definition) is 3. The van der Waals surface area contributed by atoms with Crippen molar-refractivity contribution < 1.29 is 29.2 Å². The topological polar surface area (TPSA) is 139 Å². The highest BCUT2D eigenvalue weighted by Crippen LogP contribution is 2.25. The van der Waals surface area contributed by atoms with Crippen molar-refractivity contribution in [1.29, 1.82) is 0 Å². The number of amides is 1. The van der Waals surface area contributed by atoms with Crippen LogP contribution >= 0.6 is 0 Å². The number of nitrogens with zero attached hydrogens (tertiary/aromatic N) is 7. The highest BCUT2D eigenvalue weighted by molar-refractivity contribution is 5.85. The Kier molecular flexibility index (Phi) is 16.0. The third kappa shape index (κ3) is 13.2. The molecule has 2 aromatic carbocycles. The number of β-amino-alcohol motifs (C(OH)–C–C–N with tert-alkyl or cyclic N) is 2. The Balaban J connectivity index is 0.000000189. The Hall–Kier alpha value is -4.15. The lowest BCUT2D eigenvalue weighted by Crippen LogP contribution is -2.55. The van der Waals surface area contributed by atoms with Crippen molar-refractivity contribution in [1.82, 2.24) is 39.8 Å². The van der Waals surface area contributed by atoms with Crippen LogP contribution in [-0.2, 0) is 4.74 Å². The molecule has 4 aliphatic heterocycles. The summed E-state index contributed by atoms with van der Waals surface area (Å²) >= 11 is 0. The maximum atomic E-state index is 12.3. The number of likely N-dealkylation sites (tertiary alicyclic amines) is 1. The van der Waals surface area contributed by atoms with Gasteiger partial charge in [-0.1, -0.05) is 24.3 Å². The van der Waals surface area contributed by atoms with Gasteiger partial charge in [0.25, 0.3) is 0 Å². The van der Waals surface area contributed by atoms with E-state index in [0.717, 1.165) is 131 Å². The number of nitrogens with one attached hydrogen (secondary N) is 1. The lowest BCUT2D eigenvalue weighted by atomic mass is 10.0. The van der Waals surface area contributed by atoms with Crippen molar-refractivity contribution >= 4 is 27.9 Å². The fraction of sp³-hybridized carbons (Fsp3) is 0.596. The molecule has 14 nitrogen and oxygen atoms in total. The Labute approximate surface area is 361 Å². The lowest BCUT2D eigenvalue weighted by molar-refractivity contribution is 0.00545. The van der Waals surface area contributed by atoms with E-state index < -0.39 is 17.8 Å². The third-order valence-electron chi connectivity index (χ3n) is 12.3. The molecule has 61 heavy (non-hydrogen) atoms. The van der Waals surface area contributed by atoms with E-state index in [2.05, 4.69) is 34.9 Å². The molecule has 4 aliphatic rings. The summed E-state index contributed by atoms with van der Waals surface area (Å²) in [5.74, 6) is 1.54. The van der Waals surface area contributed by atoms with Crippen molar-refractivity contribution in [2.75, 3.05) is 105 Å². The number of carbonyl (C=O) groups is 1. The maximum absolute atomic E-state index is 12.3. The number of para-hydroxylation sites is 2. The molecule has 14 heteroatoms. The van der Waals surface area contributed by atoms with E-state index in [4.69, 9.17) is 14.2 Å².